The third-order valence-corrected chi connectivity index (χ3v) is 2.83. The molecule has 5 nitrogen and oxygen atoms in total. The molecule has 0 saturated heterocycles. The molecular formula is C14H10ClNO4. The maximum Gasteiger partial charge on any atom is 0.308 e. The van der Waals surface area contributed by atoms with E-state index >= 15 is 0 Å². The minimum atomic E-state index is -0.503. The summed E-state index contributed by atoms with van der Waals surface area (Å²) in [7, 11) is 0. The maximum absolute atomic E-state index is 11.1. The molecule has 0 aliphatic heterocycles. The largest absolute Gasteiger partial charge is 0.426 e. The molecule has 2 aromatic rings. The molecule has 0 bridgehead atoms. The van der Waals surface area contributed by atoms with Crippen LogP contribution < -0.4 is 4.74 Å². The number of carbonyl (C=O) groups excluding carboxylic acids is 1. The summed E-state index contributed by atoms with van der Waals surface area (Å²) in [5, 5.41) is 11.4. The fourth-order valence-corrected chi connectivity index (χ4v) is 1.86. The number of nitrogens with zero attached hydrogens (tertiary/aromatic N) is 1. The van der Waals surface area contributed by atoms with Crippen molar-refractivity contribution in [2.45, 2.75) is 6.92 Å². The lowest BCUT2D eigenvalue weighted by atomic mass is 10.0. The summed E-state index contributed by atoms with van der Waals surface area (Å²) >= 11 is 5.81. The minimum absolute atomic E-state index is 0.0779. The van der Waals surface area contributed by atoms with Crippen LogP contribution in [0.5, 0.6) is 5.75 Å². The Balaban J connectivity index is 2.56. The van der Waals surface area contributed by atoms with Crippen LogP contribution in [0.4, 0.5) is 5.69 Å². The summed E-state index contributed by atoms with van der Waals surface area (Å²) in [5.41, 5.74) is 1.06. The van der Waals surface area contributed by atoms with E-state index in [1.165, 1.54) is 25.1 Å². The van der Waals surface area contributed by atoms with Gasteiger partial charge in [0.25, 0.3) is 5.69 Å². The number of esters is 1. The normalized spacial score (nSPS) is 10.1. The lowest BCUT2D eigenvalue weighted by Crippen LogP contribution is -2.03. The van der Waals surface area contributed by atoms with E-state index in [2.05, 4.69) is 0 Å². The molecular weight excluding hydrogens is 282 g/mol. The van der Waals surface area contributed by atoms with Crippen LogP contribution in [-0.2, 0) is 4.79 Å². The molecule has 0 N–H and O–H groups in total. The van der Waals surface area contributed by atoms with Crippen LogP contribution in [0.3, 0.4) is 0 Å². The summed E-state index contributed by atoms with van der Waals surface area (Å²) in [5.74, 6) is -0.223. The first-order chi connectivity index (χ1) is 9.47. The fourth-order valence-electron chi connectivity index (χ4n) is 1.73. The molecule has 2 rings (SSSR count). The number of halogens is 1. The van der Waals surface area contributed by atoms with Gasteiger partial charge in [0, 0.05) is 29.6 Å². The van der Waals surface area contributed by atoms with E-state index in [-0.39, 0.29) is 11.4 Å². The molecule has 0 fully saturated rings. The topological polar surface area (TPSA) is 69.4 Å². The van der Waals surface area contributed by atoms with E-state index < -0.39 is 10.9 Å². The van der Waals surface area contributed by atoms with Crippen molar-refractivity contribution in [3.8, 4) is 16.9 Å². The summed E-state index contributed by atoms with van der Waals surface area (Å²) in [4.78, 5) is 21.4. The van der Waals surface area contributed by atoms with Crippen LogP contribution in [0.25, 0.3) is 11.1 Å². The number of ether oxygens (including phenoxy) is 1. The van der Waals surface area contributed by atoms with E-state index in [0.29, 0.717) is 16.1 Å². The Morgan fingerprint density at radius 1 is 1.20 bits per heavy atom. The lowest BCUT2D eigenvalue weighted by Gasteiger charge is -2.09. The molecule has 0 aliphatic rings. The van der Waals surface area contributed by atoms with E-state index in [4.69, 9.17) is 16.3 Å². The summed E-state index contributed by atoms with van der Waals surface area (Å²) in [6.45, 7) is 1.27. The third kappa shape index (κ3) is 3.13. The Hall–Kier alpha value is -2.40. The van der Waals surface area contributed by atoms with Gasteiger partial charge in [-0.05, 0) is 23.8 Å². The van der Waals surface area contributed by atoms with Gasteiger partial charge < -0.3 is 4.74 Å². The molecule has 0 atom stereocenters. The highest BCUT2D eigenvalue weighted by molar-refractivity contribution is 6.30. The second kappa shape index (κ2) is 5.71. The number of non-ortho nitro benzene ring substituents is 1. The number of rotatable bonds is 3. The van der Waals surface area contributed by atoms with Crippen molar-refractivity contribution in [2.75, 3.05) is 0 Å². The van der Waals surface area contributed by atoms with Crippen molar-refractivity contribution in [2.24, 2.45) is 0 Å². The number of hydrogen-bond acceptors (Lipinski definition) is 4. The smallest absolute Gasteiger partial charge is 0.308 e. The molecule has 0 saturated carbocycles. The van der Waals surface area contributed by atoms with E-state index in [9.17, 15) is 14.9 Å². The van der Waals surface area contributed by atoms with Crippen LogP contribution in [-0.4, -0.2) is 10.9 Å². The third-order valence-electron chi connectivity index (χ3n) is 2.58. The van der Waals surface area contributed by atoms with Crippen LogP contribution in [0.2, 0.25) is 5.02 Å². The van der Waals surface area contributed by atoms with Gasteiger partial charge in [-0.25, -0.2) is 0 Å². The van der Waals surface area contributed by atoms with Gasteiger partial charge in [-0.2, -0.15) is 0 Å². The maximum atomic E-state index is 11.1. The first-order valence-electron chi connectivity index (χ1n) is 5.70. The quantitative estimate of drug-likeness (QED) is 0.373. The standard InChI is InChI=1S/C14H10ClNO4/c1-9(17)20-14-7-6-12(16(18)19)8-13(14)10-2-4-11(15)5-3-10/h2-8H,1H3. The van der Waals surface area contributed by atoms with Crippen molar-refractivity contribution < 1.29 is 14.5 Å². The van der Waals surface area contributed by atoms with Gasteiger partial charge in [0.15, 0.2) is 0 Å². The highest BCUT2D eigenvalue weighted by Crippen LogP contribution is 2.34. The second-order valence-corrected chi connectivity index (χ2v) is 4.47. The summed E-state index contributed by atoms with van der Waals surface area (Å²) < 4.78 is 5.07. The fraction of sp³-hybridized carbons (Fsp3) is 0.0714. The zero-order valence-corrected chi connectivity index (χ0v) is 11.3. The van der Waals surface area contributed by atoms with Gasteiger partial charge in [-0.3, -0.25) is 14.9 Å². The average molecular weight is 292 g/mol. The SMILES string of the molecule is CC(=O)Oc1ccc([N+](=O)[O-])cc1-c1ccc(Cl)cc1. The molecule has 0 amide bonds. The van der Waals surface area contributed by atoms with E-state index in [1.54, 1.807) is 24.3 Å². The molecule has 2 aromatic carbocycles. The predicted molar refractivity (Wildman–Crippen MR) is 74.9 cm³/mol. The Morgan fingerprint density at radius 2 is 1.85 bits per heavy atom. The van der Waals surface area contributed by atoms with Crippen molar-refractivity contribution in [1.82, 2.24) is 0 Å². The highest BCUT2D eigenvalue weighted by atomic mass is 35.5. The monoisotopic (exact) mass is 291 g/mol. The van der Waals surface area contributed by atoms with Gasteiger partial charge >= 0.3 is 5.97 Å². The molecule has 6 heteroatoms. The Morgan fingerprint density at radius 3 is 2.40 bits per heavy atom. The molecule has 0 unspecified atom stereocenters. The molecule has 20 heavy (non-hydrogen) atoms. The van der Waals surface area contributed by atoms with Crippen LogP contribution in [0, 0.1) is 10.1 Å². The number of carbonyl (C=O) groups is 1. The Kier molecular flexibility index (Phi) is 4.00. The zero-order valence-electron chi connectivity index (χ0n) is 10.5. The first-order valence-corrected chi connectivity index (χ1v) is 6.08. The molecule has 0 spiro atoms. The highest BCUT2D eigenvalue weighted by Gasteiger charge is 2.14. The molecule has 0 aromatic heterocycles. The van der Waals surface area contributed by atoms with Gasteiger partial charge in [-0.1, -0.05) is 23.7 Å². The summed E-state index contributed by atoms with van der Waals surface area (Å²) in [6, 6.07) is 10.8. The van der Waals surface area contributed by atoms with Gasteiger partial charge in [0.05, 0.1) is 4.92 Å². The van der Waals surface area contributed by atoms with Crippen LogP contribution in [0.1, 0.15) is 6.92 Å². The van der Waals surface area contributed by atoms with E-state index in [0.717, 1.165) is 0 Å². The van der Waals surface area contributed by atoms with Crippen LogP contribution >= 0.6 is 11.6 Å². The molecule has 0 aliphatic carbocycles. The van der Waals surface area contributed by atoms with E-state index in [1.807, 2.05) is 0 Å². The van der Waals surface area contributed by atoms with Gasteiger partial charge in [0.2, 0.25) is 0 Å². The number of nitro benzene ring substituents is 1. The second-order valence-electron chi connectivity index (χ2n) is 4.04. The zero-order chi connectivity index (χ0) is 14.7. The Bertz CT molecular complexity index is 667. The van der Waals surface area contributed by atoms with Crippen molar-refractivity contribution in [1.29, 1.82) is 0 Å². The molecule has 0 radical (unpaired) electrons. The number of benzene rings is 2. The minimum Gasteiger partial charge on any atom is -0.426 e. The Labute approximate surface area is 119 Å². The van der Waals surface area contributed by atoms with Crippen molar-refractivity contribution in [3.05, 3.63) is 57.6 Å². The van der Waals surface area contributed by atoms with Crippen molar-refractivity contribution >= 4 is 23.3 Å². The molecule has 0 heterocycles. The average Bonchev–Trinajstić information content (AvgIpc) is 2.39. The number of nitro groups is 1. The van der Waals surface area contributed by atoms with Crippen molar-refractivity contribution in [3.63, 3.8) is 0 Å². The predicted octanol–water partition coefficient (Wildman–Crippen LogP) is 3.84. The lowest BCUT2D eigenvalue weighted by molar-refractivity contribution is -0.384. The first kappa shape index (κ1) is 14.0. The van der Waals surface area contributed by atoms with Gasteiger partial charge in [-0.15, -0.1) is 0 Å². The molecule has 102 valence electrons. The van der Waals surface area contributed by atoms with Crippen LogP contribution in [0.15, 0.2) is 42.5 Å². The van der Waals surface area contributed by atoms with Gasteiger partial charge in [0.1, 0.15) is 5.75 Å². The summed E-state index contributed by atoms with van der Waals surface area (Å²) in [6.07, 6.45) is 0. The number of hydrogen-bond donors (Lipinski definition) is 0.